The van der Waals surface area contributed by atoms with Gasteiger partial charge in [0.25, 0.3) is 5.89 Å². The second-order valence-electron chi connectivity index (χ2n) is 3.11. The van der Waals surface area contributed by atoms with Crippen molar-refractivity contribution in [3.8, 4) is 17.2 Å². The molecule has 0 radical (unpaired) electrons. The van der Waals surface area contributed by atoms with E-state index in [1.165, 1.54) is 0 Å². The van der Waals surface area contributed by atoms with E-state index in [1.807, 2.05) is 6.26 Å². The maximum Gasteiger partial charge on any atom is 0.258 e. The molecule has 1 aromatic carbocycles. The summed E-state index contributed by atoms with van der Waals surface area (Å²) >= 11 is 4.84. The van der Waals surface area contributed by atoms with Crippen molar-refractivity contribution in [3.63, 3.8) is 0 Å². The Bertz CT molecular complexity index is 501. The number of aromatic hydroxyl groups is 1. The highest BCUT2D eigenvalue weighted by Gasteiger charge is 2.09. The summed E-state index contributed by atoms with van der Waals surface area (Å²) in [5.41, 5.74) is 0.709. The number of rotatable bonds is 3. The molecule has 4 nitrogen and oxygen atoms in total. The zero-order valence-corrected chi connectivity index (χ0v) is 10.9. The first-order valence-electron chi connectivity index (χ1n) is 4.51. The molecule has 16 heavy (non-hydrogen) atoms. The molecule has 0 fully saturated rings. The molecule has 0 spiro atoms. The average molecular weight is 301 g/mol. The zero-order valence-electron chi connectivity index (χ0n) is 8.48. The van der Waals surface area contributed by atoms with Crippen LogP contribution in [0.25, 0.3) is 11.5 Å². The molecule has 0 unspecified atom stereocenters. The molecule has 1 aromatic heterocycles. The van der Waals surface area contributed by atoms with Gasteiger partial charge in [0.15, 0.2) is 5.82 Å². The Labute approximate surface area is 105 Å². The van der Waals surface area contributed by atoms with Gasteiger partial charge in [-0.15, -0.1) is 0 Å². The first-order chi connectivity index (χ1) is 7.70. The van der Waals surface area contributed by atoms with Crippen molar-refractivity contribution in [2.75, 3.05) is 6.26 Å². The Morgan fingerprint density at radius 2 is 2.31 bits per heavy atom. The Kier molecular flexibility index (Phi) is 3.50. The van der Waals surface area contributed by atoms with Gasteiger partial charge in [0.1, 0.15) is 5.75 Å². The SMILES string of the molecule is CSCc1noc(-c2ccc(Br)c(O)c2)n1. The number of phenols is 1. The second kappa shape index (κ2) is 4.88. The molecular weight excluding hydrogens is 292 g/mol. The van der Waals surface area contributed by atoms with Crippen LogP contribution in [0.1, 0.15) is 5.82 Å². The molecule has 1 N–H and O–H groups in total. The van der Waals surface area contributed by atoms with Gasteiger partial charge in [-0.2, -0.15) is 16.7 Å². The van der Waals surface area contributed by atoms with Gasteiger partial charge in [0.05, 0.1) is 10.2 Å². The lowest BCUT2D eigenvalue weighted by atomic mass is 10.2. The topological polar surface area (TPSA) is 59.2 Å². The molecule has 0 saturated carbocycles. The number of thioether (sulfide) groups is 1. The third-order valence-corrected chi connectivity index (χ3v) is 3.15. The van der Waals surface area contributed by atoms with Crippen molar-refractivity contribution < 1.29 is 9.63 Å². The summed E-state index contributed by atoms with van der Waals surface area (Å²) in [4.78, 5) is 4.22. The molecule has 0 saturated heterocycles. The minimum atomic E-state index is 0.155. The summed E-state index contributed by atoms with van der Waals surface area (Å²) in [7, 11) is 0. The maximum absolute atomic E-state index is 9.53. The van der Waals surface area contributed by atoms with E-state index < -0.39 is 0 Å². The van der Waals surface area contributed by atoms with Crippen LogP contribution >= 0.6 is 27.7 Å². The summed E-state index contributed by atoms with van der Waals surface area (Å²) in [5.74, 6) is 1.95. The van der Waals surface area contributed by atoms with Gasteiger partial charge in [-0.3, -0.25) is 0 Å². The van der Waals surface area contributed by atoms with E-state index in [-0.39, 0.29) is 5.75 Å². The number of hydrogen-bond acceptors (Lipinski definition) is 5. The molecule has 0 atom stereocenters. The van der Waals surface area contributed by atoms with E-state index in [0.29, 0.717) is 27.5 Å². The molecule has 0 aliphatic carbocycles. The summed E-state index contributed by atoms with van der Waals surface area (Å²) < 4.78 is 5.74. The zero-order chi connectivity index (χ0) is 11.5. The van der Waals surface area contributed by atoms with Crippen molar-refractivity contribution in [2.45, 2.75) is 5.75 Å². The van der Waals surface area contributed by atoms with Gasteiger partial charge >= 0.3 is 0 Å². The lowest BCUT2D eigenvalue weighted by Crippen LogP contribution is -1.83. The molecule has 0 bridgehead atoms. The number of halogens is 1. The van der Waals surface area contributed by atoms with Crippen LogP contribution in [0.5, 0.6) is 5.75 Å². The third kappa shape index (κ3) is 2.38. The van der Waals surface area contributed by atoms with E-state index in [2.05, 4.69) is 26.1 Å². The largest absolute Gasteiger partial charge is 0.507 e. The minimum Gasteiger partial charge on any atom is -0.507 e. The number of benzene rings is 1. The summed E-state index contributed by atoms with van der Waals surface area (Å²) in [6.07, 6.45) is 1.97. The van der Waals surface area contributed by atoms with Crippen molar-refractivity contribution in [1.82, 2.24) is 10.1 Å². The van der Waals surface area contributed by atoms with Crippen LogP contribution in [0.4, 0.5) is 0 Å². The van der Waals surface area contributed by atoms with E-state index in [1.54, 1.807) is 30.0 Å². The van der Waals surface area contributed by atoms with Crippen LogP contribution in [-0.4, -0.2) is 21.5 Å². The van der Waals surface area contributed by atoms with E-state index >= 15 is 0 Å². The number of hydrogen-bond donors (Lipinski definition) is 1. The predicted molar refractivity (Wildman–Crippen MR) is 66.3 cm³/mol. The highest BCUT2D eigenvalue weighted by Crippen LogP contribution is 2.29. The molecule has 6 heteroatoms. The van der Waals surface area contributed by atoms with Crippen LogP contribution < -0.4 is 0 Å². The monoisotopic (exact) mass is 300 g/mol. The second-order valence-corrected chi connectivity index (χ2v) is 4.84. The van der Waals surface area contributed by atoms with Crippen molar-refractivity contribution in [3.05, 3.63) is 28.5 Å². The van der Waals surface area contributed by atoms with Crippen molar-refractivity contribution >= 4 is 27.7 Å². The fourth-order valence-electron chi connectivity index (χ4n) is 1.20. The van der Waals surface area contributed by atoms with Crippen molar-refractivity contribution in [2.24, 2.45) is 0 Å². The third-order valence-electron chi connectivity index (χ3n) is 1.93. The van der Waals surface area contributed by atoms with Crippen LogP contribution in [0.3, 0.4) is 0 Å². The normalized spacial score (nSPS) is 10.6. The quantitative estimate of drug-likeness (QED) is 0.944. The van der Waals surface area contributed by atoms with Gasteiger partial charge < -0.3 is 9.63 Å². The fraction of sp³-hybridized carbons (Fsp3) is 0.200. The molecule has 0 amide bonds. The number of aromatic nitrogens is 2. The summed E-state index contributed by atoms with van der Waals surface area (Å²) in [6, 6.07) is 5.13. The maximum atomic E-state index is 9.53. The first-order valence-corrected chi connectivity index (χ1v) is 6.70. The van der Waals surface area contributed by atoms with Gasteiger partial charge in [-0.25, -0.2) is 0 Å². The van der Waals surface area contributed by atoms with Gasteiger partial charge in [-0.1, -0.05) is 5.16 Å². The highest BCUT2D eigenvalue weighted by atomic mass is 79.9. The van der Waals surface area contributed by atoms with E-state index in [4.69, 9.17) is 4.52 Å². The van der Waals surface area contributed by atoms with Crippen LogP contribution in [0.15, 0.2) is 27.2 Å². The predicted octanol–water partition coefficient (Wildman–Crippen LogP) is 3.07. The lowest BCUT2D eigenvalue weighted by molar-refractivity contribution is 0.424. The molecule has 84 valence electrons. The van der Waals surface area contributed by atoms with Gasteiger partial charge in [0.2, 0.25) is 0 Å². The summed E-state index contributed by atoms with van der Waals surface area (Å²) in [5, 5.41) is 13.4. The standard InChI is InChI=1S/C10H9BrN2O2S/c1-16-5-9-12-10(15-13-9)6-2-3-7(11)8(14)4-6/h2-4,14H,5H2,1H3. The van der Waals surface area contributed by atoms with Crippen molar-refractivity contribution in [1.29, 1.82) is 0 Å². The first kappa shape index (κ1) is 11.5. The average Bonchev–Trinajstić information content (AvgIpc) is 2.71. The Hall–Kier alpha value is -1.01. The molecule has 2 aromatic rings. The Morgan fingerprint density at radius 1 is 1.50 bits per heavy atom. The van der Waals surface area contributed by atoms with Crippen LogP contribution in [-0.2, 0) is 5.75 Å². The van der Waals surface area contributed by atoms with Gasteiger partial charge in [-0.05, 0) is 40.4 Å². The molecule has 2 rings (SSSR count). The molecular formula is C10H9BrN2O2S. The van der Waals surface area contributed by atoms with Gasteiger partial charge in [0, 0.05) is 5.56 Å². The Balaban J connectivity index is 2.31. The molecule has 0 aliphatic heterocycles. The number of nitrogens with zero attached hydrogens (tertiary/aromatic N) is 2. The fourth-order valence-corrected chi connectivity index (χ4v) is 1.83. The van der Waals surface area contributed by atoms with E-state index in [0.717, 1.165) is 0 Å². The molecule has 0 aliphatic rings. The van der Waals surface area contributed by atoms with Crippen LogP contribution in [0, 0.1) is 0 Å². The lowest BCUT2D eigenvalue weighted by Gasteiger charge is -1.97. The molecule has 1 heterocycles. The minimum absolute atomic E-state index is 0.155. The Morgan fingerprint density at radius 3 is 3.00 bits per heavy atom. The summed E-state index contributed by atoms with van der Waals surface area (Å²) in [6.45, 7) is 0. The highest BCUT2D eigenvalue weighted by molar-refractivity contribution is 9.10. The van der Waals surface area contributed by atoms with E-state index in [9.17, 15) is 5.11 Å². The number of phenolic OH excluding ortho intramolecular Hbond substituents is 1. The smallest absolute Gasteiger partial charge is 0.258 e. The van der Waals surface area contributed by atoms with Crippen LogP contribution in [0.2, 0.25) is 0 Å².